The fourth-order valence-corrected chi connectivity index (χ4v) is 5.19. The molecule has 0 fully saturated rings. The van der Waals surface area contributed by atoms with Gasteiger partial charge in [-0.25, -0.2) is 0 Å². The second-order valence-electron chi connectivity index (χ2n) is 7.98. The zero-order valence-electron chi connectivity index (χ0n) is 19.9. The lowest BCUT2D eigenvalue weighted by atomic mass is 10.1. The van der Waals surface area contributed by atoms with Crippen LogP contribution in [0.3, 0.4) is 0 Å². The molecule has 0 aliphatic heterocycles. The van der Waals surface area contributed by atoms with E-state index in [1.807, 2.05) is 13.0 Å². The smallest absolute Gasteiger partial charge is 0.306 e. The third-order valence-electron chi connectivity index (χ3n) is 5.12. The van der Waals surface area contributed by atoms with Gasteiger partial charge in [-0.3, -0.25) is 8.98 Å². The molecule has 0 aliphatic carbocycles. The number of esters is 1. The summed E-state index contributed by atoms with van der Waals surface area (Å²) in [6.07, 6.45) is 13.8. The maximum Gasteiger partial charge on any atom is 0.306 e. The summed E-state index contributed by atoms with van der Waals surface area (Å²) in [5, 5.41) is 0. The fourth-order valence-electron chi connectivity index (χ4n) is 3.13. The van der Waals surface area contributed by atoms with Gasteiger partial charge in [0.2, 0.25) is 0 Å². The molecule has 0 bridgehead atoms. The van der Waals surface area contributed by atoms with Gasteiger partial charge in [0, 0.05) is 5.75 Å². The lowest BCUT2D eigenvalue weighted by Gasteiger charge is -2.16. The number of allylic oxidation sites excluding steroid dienone is 1. The van der Waals surface area contributed by atoms with Crippen molar-refractivity contribution in [1.29, 1.82) is 0 Å². The van der Waals surface area contributed by atoms with Gasteiger partial charge in [0.1, 0.15) is 0 Å². The van der Waals surface area contributed by atoms with Crippen molar-refractivity contribution >= 4 is 27.8 Å². The van der Waals surface area contributed by atoms with E-state index in [1.165, 1.54) is 39.2 Å². The van der Waals surface area contributed by atoms with Crippen molar-refractivity contribution in [3.8, 4) is 0 Å². The Balaban J connectivity index is 2.55. The SMILES string of the molecule is CCCCCCCC/C=C\CC(CCSCCC(=O)OC)OS(=O)(=O)c1ccc(C)cc1. The Morgan fingerprint density at radius 1 is 1.03 bits per heavy atom. The van der Waals surface area contributed by atoms with Crippen LogP contribution < -0.4 is 0 Å². The van der Waals surface area contributed by atoms with E-state index in [0.29, 0.717) is 25.0 Å². The lowest BCUT2D eigenvalue weighted by Crippen LogP contribution is -2.19. The Bertz CT molecular complexity index is 757. The minimum Gasteiger partial charge on any atom is -0.469 e. The van der Waals surface area contributed by atoms with E-state index in [2.05, 4.69) is 17.7 Å². The molecule has 1 rings (SSSR count). The molecule has 182 valence electrons. The van der Waals surface area contributed by atoms with Crippen LogP contribution in [0.5, 0.6) is 0 Å². The third kappa shape index (κ3) is 13.3. The number of carbonyl (C=O) groups is 1. The molecule has 0 radical (unpaired) electrons. The highest BCUT2D eigenvalue weighted by atomic mass is 32.2. The topological polar surface area (TPSA) is 69.7 Å². The van der Waals surface area contributed by atoms with Gasteiger partial charge in [-0.05, 0) is 50.5 Å². The van der Waals surface area contributed by atoms with E-state index in [1.54, 1.807) is 36.0 Å². The van der Waals surface area contributed by atoms with Crippen LogP contribution >= 0.6 is 11.8 Å². The number of methoxy groups -OCH3 is 1. The first kappa shape index (κ1) is 28.7. The maximum atomic E-state index is 12.7. The van der Waals surface area contributed by atoms with E-state index in [4.69, 9.17) is 4.18 Å². The number of unbranched alkanes of at least 4 members (excludes halogenated alkanes) is 6. The second kappa shape index (κ2) is 17.2. The van der Waals surface area contributed by atoms with Crippen molar-refractivity contribution in [3.63, 3.8) is 0 Å². The normalized spacial score (nSPS) is 12.8. The van der Waals surface area contributed by atoms with Crippen molar-refractivity contribution in [2.45, 2.75) is 89.1 Å². The van der Waals surface area contributed by atoms with Gasteiger partial charge in [-0.1, -0.05) is 68.9 Å². The Morgan fingerprint density at radius 2 is 1.72 bits per heavy atom. The van der Waals surface area contributed by atoms with Crippen LogP contribution in [0.4, 0.5) is 0 Å². The third-order valence-corrected chi connectivity index (χ3v) is 7.52. The van der Waals surface area contributed by atoms with E-state index in [0.717, 1.165) is 24.2 Å². The second-order valence-corrected chi connectivity index (χ2v) is 10.8. The molecule has 0 spiro atoms. The van der Waals surface area contributed by atoms with Crippen molar-refractivity contribution in [3.05, 3.63) is 42.0 Å². The van der Waals surface area contributed by atoms with Gasteiger partial charge in [-0.15, -0.1) is 0 Å². The van der Waals surface area contributed by atoms with Crippen molar-refractivity contribution in [2.24, 2.45) is 0 Å². The van der Waals surface area contributed by atoms with Crippen LogP contribution in [0, 0.1) is 6.92 Å². The number of ether oxygens (including phenoxy) is 1. The van der Waals surface area contributed by atoms with Gasteiger partial charge in [-0.2, -0.15) is 20.2 Å². The largest absolute Gasteiger partial charge is 0.469 e. The summed E-state index contributed by atoms with van der Waals surface area (Å²) in [6, 6.07) is 6.71. The first-order valence-electron chi connectivity index (χ1n) is 11.7. The average molecular weight is 485 g/mol. The molecule has 0 saturated carbocycles. The highest BCUT2D eigenvalue weighted by molar-refractivity contribution is 7.99. The minimum absolute atomic E-state index is 0.183. The molecule has 0 N–H and O–H groups in total. The number of thioether (sulfide) groups is 1. The molecule has 32 heavy (non-hydrogen) atoms. The summed E-state index contributed by atoms with van der Waals surface area (Å²) in [6.45, 7) is 4.14. The van der Waals surface area contributed by atoms with Crippen LogP contribution in [-0.4, -0.2) is 39.1 Å². The Kier molecular flexibility index (Phi) is 15.4. The Labute approximate surface area is 199 Å². The molecule has 5 nitrogen and oxygen atoms in total. The van der Waals surface area contributed by atoms with Crippen molar-refractivity contribution in [2.75, 3.05) is 18.6 Å². The fraction of sp³-hybridized carbons (Fsp3) is 0.640. The summed E-state index contributed by atoms with van der Waals surface area (Å²) < 4.78 is 35.7. The number of rotatable bonds is 18. The number of carbonyl (C=O) groups excluding carboxylic acids is 1. The zero-order valence-corrected chi connectivity index (χ0v) is 21.5. The van der Waals surface area contributed by atoms with E-state index >= 15 is 0 Å². The molecule has 0 heterocycles. The summed E-state index contributed by atoms with van der Waals surface area (Å²) >= 11 is 1.61. The predicted molar refractivity (Wildman–Crippen MR) is 134 cm³/mol. The molecule has 1 aromatic carbocycles. The molecule has 0 amide bonds. The van der Waals surface area contributed by atoms with E-state index in [9.17, 15) is 13.2 Å². The number of hydrogen-bond donors (Lipinski definition) is 0. The van der Waals surface area contributed by atoms with Gasteiger partial charge in [0.15, 0.2) is 0 Å². The molecular weight excluding hydrogens is 444 g/mol. The summed E-state index contributed by atoms with van der Waals surface area (Å²) in [4.78, 5) is 11.4. The first-order chi connectivity index (χ1) is 15.4. The average Bonchev–Trinajstić information content (AvgIpc) is 2.77. The molecule has 1 atom stereocenters. The van der Waals surface area contributed by atoms with Gasteiger partial charge < -0.3 is 4.74 Å². The standard InChI is InChI=1S/C25H40O5S2/c1-4-5-6-7-8-9-10-11-12-13-23(18-20-31-21-19-25(26)29-3)30-32(27,28)24-16-14-22(2)15-17-24/h11-12,14-17,23H,4-10,13,18-21H2,1-3H3/b12-11-. The highest BCUT2D eigenvalue weighted by Crippen LogP contribution is 2.20. The van der Waals surface area contributed by atoms with Crippen LogP contribution in [0.2, 0.25) is 0 Å². The quantitative estimate of drug-likeness (QED) is 0.103. The van der Waals surface area contributed by atoms with E-state index < -0.39 is 16.2 Å². The van der Waals surface area contributed by atoms with Gasteiger partial charge in [0.25, 0.3) is 10.1 Å². The molecule has 0 aromatic heterocycles. The van der Waals surface area contributed by atoms with Crippen molar-refractivity contribution in [1.82, 2.24) is 0 Å². The summed E-state index contributed by atoms with van der Waals surface area (Å²) in [5.41, 5.74) is 1.00. The van der Waals surface area contributed by atoms with Crippen LogP contribution in [0.25, 0.3) is 0 Å². The number of aryl methyl sites for hydroxylation is 1. The van der Waals surface area contributed by atoms with Crippen molar-refractivity contribution < 1.29 is 22.1 Å². The summed E-state index contributed by atoms with van der Waals surface area (Å²) in [5.74, 6) is 1.14. The molecule has 7 heteroatoms. The zero-order chi connectivity index (χ0) is 23.7. The number of hydrogen-bond acceptors (Lipinski definition) is 6. The van der Waals surface area contributed by atoms with Gasteiger partial charge >= 0.3 is 5.97 Å². The molecule has 1 aromatic rings. The molecule has 0 aliphatic rings. The molecule has 1 unspecified atom stereocenters. The molecular formula is C25H40O5S2. The predicted octanol–water partition coefficient (Wildman–Crippen LogP) is 6.45. The minimum atomic E-state index is -3.81. The van der Waals surface area contributed by atoms with Crippen LogP contribution in [0.1, 0.15) is 76.7 Å². The maximum absolute atomic E-state index is 12.7. The van der Waals surface area contributed by atoms with E-state index in [-0.39, 0.29) is 10.9 Å². The lowest BCUT2D eigenvalue weighted by molar-refractivity contribution is -0.140. The number of benzene rings is 1. The van der Waals surface area contributed by atoms with Gasteiger partial charge in [0.05, 0.1) is 24.5 Å². The summed E-state index contributed by atoms with van der Waals surface area (Å²) in [7, 11) is -2.43. The van der Waals surface area contributed by atoms with Crippen LogP contribution in [-0.2, 0) is 23.8 Å². The molecule has 0 saturated heterocycles. The van der Waals surface area contributed by atoms with Crippen LogP contribution in [0.15, 0.2) is 41.3 Å². The Morgan fingerprint density at radius 3 is 2.41 bits per heavy atom. The monoisotopic (exact) mass is 484 g/mol. The first-order valence-corrected chi connectivity index (χ1v) is 14.2. The highest BCUT2D eigenvalue weighted by Gasteiger charge is 2.21. The Hall–Kier alpha value is -1.31.